The molecule has 1 aromatic heterocycles. The van der Waals surface area contributed by atoms with Gasteiger partial charge >= 0.3 is 5.97 Å². The molecule has 0 saturated carbocycles. The van der Waals surface area contributed by atoms with E-state index in [9.17, 15) is 9.59 Å². The first-order valence-corrected chi connectivity index (χ1v) is 7.62. The summed E-state index contributed by atoms with van der Waals surface area (Å²) in [5, 5.41) is 0. The second-order valence-corrected chi connectivity index (χ2v) is 5.43. The van der Waals surface area contributed by atoms with Crippen LogP contribution in [0.2, 0.25) is 0 Å². The van der Waals surface area contributed by atoms with E-state index >= 15 is 0 Å². The highest BCUT2D eigenvalue weighted by Gasteiger charge is 2.31. The summed E-state index contributed by atoms with van der Waals surface area (Å²) in [7, 11) is 0. The summed E-state index contributed by atoms with van der Waals surface area (Å²) < 4.78 is 5.21. The summed E-state index contributed by atoms with van der Waals surface area (Å²) in [5.41, 5.74) is 5.53. The molecule has 1 aliphatic rings. The molecular weight excluding hydrogens is 284 g/mol. The highest BCUT2D eigenvalue weighted by Crippen LogP contribution is 2.21. The number of amides is 1. The zero-order chi connectivity index (χ0) is 16.1. The van der Waals surface area contributed by atoms with E-state index < -0.39 is 12.1 Å². The van der Waals surface area contributed by atoms with Gasteiger partial charge in [-0.05, 0) is 32.6 Å². The van der Waals surface area contributed by atoms with E-state index in [2.05, 4.69) is 16.9 Å². The van der Waals surface area contributed by atoms with Crippen LogP contribution in [0.15, 0.2) is 12.4 Å². The number of piperidine rings is 1. The molecule has 120 valence electrons. The Morgan fingerprint density at radius 2 is 2.14 bits per heavy atom. The van der Waals surface area contributed by atoms with Crippen LogP contribution in [0.4, 0.5) is 5.82 Å². The molecule has 22 heavy (non-hydrogen) atoms. The maximum absolute atomic E-state index is 12.5. The van der Waals surface area contributed by atoms with Crippen molar-refractivity contribution in [3.05, 3.63) is 18.1 Å². The number of likely N-dealkylation sites (tertiary alicyclic amines) is 1. The molecule has 2 N–H and O–H groups in total. The van der Waals surface area contributed by atoms with Crippen LogP contribution in [0.25, 0.3) is 0 Å². The standard InChI is InChI=1S/C15H22N4O3/c1-3-11-6-4-5-9-19(11)14(20)10(2)22-15(21)12-13(16)18-8-7-17-12/h7-8,10-11H,3-6,9H2,1-2H3,(H2,16,18). The molecule has 0 aromatic carbocycles. The van der Waals surface area contributed by atoms with Gasteiger partial charge in [-0.25, -0.2) is 14.8 Å². The van der Waals surface area contributed by atoms with Crippen LogP contribution in [0, 0.1) is 0 Å². The van der Waals surface area contributed by atoms with Crippen molar-refractivity contribution in [1.82, 2.24) is 14.9 Å². The maximum atomic E-state index is 12.5. The number of nitrogen functional groups attached to an aromatic ring is 1. The molecule has 1 amide bonds. The average Bonchev–Trinajstić information content (AvgIpc) is 2.54. The van der Waals surface area contributed by atoms with Gasteiger partial charge in [-0.1, -0.05) is 6.92 Å². The lowest BCUT2D eigenvalue weighted by atomic mass is 9.99. The maximum Gasteiger partial charge on any atom is 0.361 e. The Bertz CT molecular complexity index is 549. The van der Waals surface area contributed by atoms with Gasteiger partial charge in [0.2, 0.25) is 0 Å². The Labute approximate surface area is 129 Å². The summed E-state index contributed by atoms with van der Waals surface area (Å²) in [4.78, 5) is 34.0. The third-order valence-corrected chi connectivity index (χ3v) is 3.93. The van der Waals surface area contributed by atoms with Crippen molar-refractivity contribution in [2.45, 2.75) is 51.7 Å². The van der Waals surface area contributed by atoms with E-state index in [4.69, 9.17) is 10.5 Å². The van der Waals surface area contributed by atoms with Gasteiger partial charge in [0.05, 0.1) is 0 Å². The predicted octanol–water partition coefficient (Wildman–Crippen LogP) is 1.40. The first-order valence-electron chi connectivity index (χ1n) is 7.62. The first kappa shape index (κ1) is 16.2. The number of nitrogens with zero attached hydrogens (tertiary/aromatic N) is 3. The topological polar surface area (TPSA) is 98.4 Å². The quantitative estimate of drug-likeness (QED) is 0.844. The normalized spacial score (nSPS) is 19.5. The fourth-order valence-electron chi connectivity index (χ4n) is 2.72. The van der Waals surface area contributed by atoms with Gasteiger partial charge in [-0.15, -0.1) is 0 Å². The number of ether oxygens (including phenoxy) is 1. The lowest BCUT2D eigenvalue weighted by Crippen LogP contribution is -2.48. The fourth-order valence-corrected chi connectivity index (χ4v) is 2.72. The van der Waals surface area contributed by atoms with Crippen molar-refractivity contribution in [2.24, 2.45) is 0 Å². The fraction of sp³-hybridized carbons (Fsp3) is 0.600. The Kier molecular flexibility index (Phi) is 5.30. The first-order chi connectivity index (χ1) is 10.5. The minimum absolute atomic E-state index is 0.00319. The molecule has 0 aliphatic carbocycles. The van der Waals surface area contributed by atoms with Crippen LogP contribution in [0.1, 0.15) is 50.0 Å². The molecular formula is C15H22N4O3. The second-order valence-electron chi connectivity index (χ2n) is 5.43. The summed E-state index contributed by atoms with van der Waals surface area (Å²) in [6.07, 6.45) is 5.91. The van der Waals surface area contributed by atoms with Crippen molar-refractivity contribution in [2.75, 3.05) is 12.3 Å². The number of carbonyl (C=O) groups is 2. The molecule has 2 atom stereocenters. The average molecular weight is 306 g/mol. The van der Waals surface area contributed by atoms with E-state index in [1.165, 1.54) is 12.4 Å². The van der Waals surface area contributed by atoms with Crippen LogP contribution in [0.5, 0.6) is 0 Å². The van der Waals surface area contributed by atoms with Crippen LogP contribution in [0.3, 0.4) is 0 Å². The number of esters is 1. The summed E-state index contributed by atoms with van der Waals surface area (Å²) in [6.45, 7) is 4.35. The Balaban J connectivity index is 2.02. The molecule has 1 saturated heterocycles. The SMILES string of the molecule is CCC1CCCCN1C(=O)C(C)OC(=O)c1nccnc1N. The number of aromatic nitrogens is 2. The zero-order valence-corrected chi connectivity index (χ0v) is 13.0. The minimum Gasteiger partial charge on any atom is -0.448 e. The van der Waals surface area contributed by atoms with Crippen LogP contribution in [-0.2, 0) is 9.53 Å². The van der Waals surface area contributed by atoms with Gasteiger partial charge in [-0.2, -0.15) is 0 Å². The van der Waals surface area contributed by atoms with Gasteiger partial charge in [0.1, 0.15) is 0 Å². The molecule has 0 radical (unpaired) electrons. The van der Waals surface area contributed by atoms with Crippen LogP contribution >= 0.6 is 0 Å². The van der Waals surface area contributed by atoms with Crippen molar-refractivity contribution in [3.8, 4) is 0 Å². The number of nitrogens with two attached hydrogens (primary N) is 1. The molecule has 0 bridgehead atoms. The van der Waals surface area contributed by atoms with E-state index in [0.717, 1.165) is 25.7 Å². The Morgan fingerprint density at radius 1 is 1.41 bits per heavy atom. The Hall–Kier alpha value is -2.18. The number of carbonyl (C=O) groups excluding carboxylic acids is 2. The van der Waals surface area contributed by atoms with E-state index in [0.29, 0.717) is 6.54 Å². The van der Waals surface area contributed by atoms with Gasteiger partial charge in [0.25, 0.3) is 5.91 Å². The largest absolute Gasteiger partial charge is 0.448 e. The van der Waals surface area contributed by atoms with Crippen LogP contribution < -0.4 is 5.73 Å². The summed E-state index contributed by atoms with van der Waals surface area (Å²) in [6, 6.07) is 0.226. The van der Waals surface area contributed by atoms with Gasteiger partial charge in [0.15, 0.2) is 17.6 Å². The molecule has 7 nitrogen and oxygen atoms in total. The van der Waals surface area contributed by atoms with E-state index in [1.807, 2.05) is 4.90 Å². The van der Waals surface area contributed by atoms with Crippen molar-refractivity contribution >= 4 is 17.7 Å². The van der Waals surface area contributed by atoms with Crippen molar-refractivity contribution < 1.29 is 14.3 Å². The highest BCUT2D eigenvalue weighted by atomic mass is 16.5. The monoisotopic (exact) mass is 306 g/mol. The highest BCUT2D eigenvalue weighted by molar-refractivity contribution is 5.94. The summed E-state index contributed by atoms with van der Waals surface area (Å²) >= 11 is 0. The number of hydrogen-bond donors (Lipinski definition) is 1. The van der Waals surface area contributed by atoms with Gasteiger partial charge < -0.3 is 15.4 Å². The second kappa shape index (κ2) is 7.20. The van der Waals surface area contributed by atoms with Gasteiger partial charge in [0, 0.05) is 25.0 Å². The lowest BCUT2D eigenvalue weighted by Gasteiger charge is -2.36. The Morgan fingerprint density at radius 3 is 2.82 bits per heavy atom. The molecule has 2 heterocycles. The van der Waals surface area contributed by atoms with Gasteiger partial charge in [-0.3, -0.25) is 4.79 Å². The zero-order valence-electron chi connectivity index (χ0n) is 13.0. The van der Waals surface area contributed by atoms with Crippen molar-refractivity contribution in [3.63, 3.8) is 0 Å². The molecule has 0 spiro atoms. The smallest absolute Gasteiger partial charge is 0.361 e. The number of anilines is 1. The molecule has 1 fully saturated rings. The number of hydrogen-bond acceptors (Lipinski definition) is 6. The molecule has 1 aromatic rings. The third kappa shape index (κ3) is 3.52. The van der Waals surface area contributed by atoms with Crippen LogP contribution in [-0.4, -0.2) is 45.4 Å². The van der Waals surface area contributed by atoms with Crippen molar-refractivity contribution in [1.29, 1.82) is 0 Å². The molecule has 2 rings (SSSR count). The minimum atomic E-state index is -0.860. The summed E-state index contributed by atoms with van der Waals surface area (Å²) in [5.74, 6) is -0.893. The van der Waals surface area contributed by atoms with E-state index in [-0.39, 0.29) is 23.5 Å². The predicted molar refractivity (Wildman–Crippen MR) is 81.0 cm³/mol. The van der Waals surface area contributed by atoms with E-state index in [1.54, 1.807) is 6.92 Å². The molecule has 1 aliphatic heterocycles. The third-order valence-electron chi connectivity index (χ3n) is 3.93. The lowest BCUT2D eigenvalue weighted by molar-refractivity contribution is -0.143. The number of rotatable bonds is 4. The molecule has 7 heteroatoms. The molecule has 2 unspecified atom stereocenters.